The third kappa shape index (κ3) is 6.42. The molecule has 0 bridgehead atoms. The second-order valence-electron chi connectivity index (χ2n) is 6.73. The summed E-state index contributed by atoms with van der Waals surface area (Å²) in [6.07, 6.45) is 2.44. The summed E-state index contributed by atoms with van der Waals surface area (Å²) in [6, 6.07) is 15.7. The van der Waals surface area contributed by atoms with Gasteiger partial charge in [-0.3, -0.25) is 4.79 Å². The van der Waals surface area contributed by atoms with Crippen molar-refractivity contribution in [2.75, 3.05) is 20.1 Å². The van der Waals surface area contributed by atoms with Gasteiger partial charge in [-0.05, 0) is 61.3 Å². The second kappa shape index (κ2) is 10.5. The highest BCUT2D eigenvalue weighted by molar-refractivity contribution is 6.30. The Balaban J connectivity index is 0.00000261. The number of piperidine rings is 1. The molecular weight excluding hydrogens is 383 g/mol. The molecule has 6 heteroatoms. The predicted molar refractivity (Wildman–Crippen MR) is 112 cm³/mol. The number of likely N-dealkylation sites (N-methyl/N-ethyl adjacent to an activating group) is 1. The van der Waals surface area contributed by atoms with Gasteiger partial charge in [-0.15, -0.1) is 12.4 Å². The first kappa shape index (κ1) is 21.5. The summed E-state index contributed by atoms with van der Waals surface area (Å²) in [5.74, 6) is 0.920. The number of nitrogens with one attached hydrogen (secondary N) is 1. The van der Waals surface area contributed by atoms with Crippen LogP contribution in [0.3, 0.4) is 0 Å². The Morgan fingerprint density at radius 1 is 1.15 bits per heavy atom. The van der Waals surface area contributed by atoms with E-state index in [4.69, 9.17) is 16.3 Å². The van der Waals surface area contributed by atoms with Crippen molar-refractivity contribution < 1.29 is 9.53 Å². The van der Waals surface area contributed by atoms with Gasteiger partial charge in [0.2, 0.25) is 5.91 Å². The number of benzene rings is 2. The molecule has 146 valence electrons. The van der Waals surface area contributed by atoms with E-state index in [1.165, 1.54) is 0 Å². The van der Waals surface area contributed by atoms with Crippen LogP contribution in [-0.2, 0) is 17.8 Å². The molecule has 0 aliphatic carbocycles. The van der Waals surface area contributed by atoms with Gasteiger partial charge in [-0.2, -0.15) is 0 Å². The summed E-state index contributed by atoms with van der Waals surface area (Å²) >= 11 is 6.00. The van der Waals surface area contributed by atoms with Crippen molar-refractivity contribution in [3.8, 4) is 5.75 Å². The Hall–Kier alpha value is -1.75. The number of rotatable bonds is 6. The molecule has 3 rings (SSSR count). The molecule has 0 radical (unpaired) electrons. The molecule has 1 amide bonds. The van der Waals surface area contributed by atoms with Crippen LogP contribution in [-0.4, -0.2) is 37.0 Å². The van der Waals surface area contributed by atoms with E-state index in [1.807, 2.05) is 60.5 Å². The van der Waals surface area contributed by atoms with Crippen LogP contribution in [0.5, 0.6) is 5.75 Å². The first-order chi connectivity index (χ1) is 12.6. The Morgan fingerprint density at radius 3 is 2.59 bits per heavy atom. The second-order valence-corrected chi connectivity index (χ2v) is 7.17. The Kier molecular flexibility index (Phi) is 8.42. The average Bonchev–Trinajstić information content (AvgIpc) is 2.67. The Labute approximate surface area is 172 Å². The zero-order chi connectivity index (χ0) is 18.4. The first-order valence-corrected chi connectivity index (χ1v) is 9.42. The third-order valence-electron chi connectivity index (χ3n) is 4.80. The molecule has 2 aromatic rings. The summed E-state index contributed by atoms with van der Waals surface area (Å²) < 4.78 is 5.85. The Morgan fingerprint density at radius 2 is 1.85 bits per heavy atom. The van der Waals surface area contributed by atoms with E-state index in [-0.39, 0.29) is 18.3 Å². The zero-order valence-corrected chi connectivity index (χ0v) is 17.1. The van der Waals surface area contributed by atoms with Gasteiger partial charge in [0.05, 0.1) is 6.42 Å². The topological polar surface area (TPSA) is 41.6 Å². The van der Waals surface area contributed by atoms with Crippen LogP contribution in [0.15, 0.2) is 48.5 Å². The van der Waals surface area contributed by atoms with Crippen LogP contribution >= 0.6 is 24.0 Å². The van der Waals surface area contributed by atoms with Gasteiger partial charge < -0.3 is 15.0 Å². The summed E-state index contributed by atoms with van der Waals surface area (Å²) in [7, 11) is 1.91. The molecule has 1 aliphatic heterocycles. The number of carbonyl (C=O) groups is 1. The van der Waals surface area contributed by atoms with Crippen LogP contribution in [0.4, 0.5) is 0 Å². The van der Waals surface area contributed by atoms with Gasteiger partial charge in [0, 0.05) is 18.1 Å². The van der Waals surface area contributed by atoms with Gasteiger partial charge in [0.15, 0.2) is 0 Å². The van der Waals surface area contributed by atoms with Gasteiger partial charge in [-0.1, -0.05) is 35.9 Å². The van der Waals surface area contributed by atoms with Crippen molar-refractivity contribution in [1.29, 1.82) is 0 Å². The lowest BCUT2D eigenvalue weighted by molar-refractivity contribution is -0.131. The van der Waals surface area contributed by atoms with Crippen molar-refractivity contribution in [3.63, 3.8) is 0 Å². The van der Waals surface area contributed by atoms with Crippen LogP contribution in [0.2, 0.25) is 5.02 Å². The molecule has 1 N–H and O–H groups in total. The van der Waals surface area contributed by atoms with E-state index in [0.29, 0.717) is 24.1 Å². The molecule has 0 atom stereocenters. The van der Waals surface area contributed by atoms with Crippen molar-refractivity contribution in [2.24, 2.45) is 0 Å². The molecule has 2 aromatic carbocycles. The van der Waals surface area contributed by atoms with Crippen molar-refractivity contribution in [1.82, 2.24) is 10.2 Å². The maximum Gasteiger partial charge on any atom is 0.226 e. The van der Waals surface area contributed by atoms with Crippen molar-refractivity contribution >= 4 is 29.9 Å². The number of amides is 1. The van der Waals surface area contributed by atoms with Gasteiger partial charge in [0.25, 0.3) is 0 Å². The van der Waals surface area contributed by atoms with E-state index in [1.54, 1.807) is 0 Å². The van der Waals surface area contributed by atoms with Crippen LogP contribution in [0.1, 0.15) is 24.0 Å². The predicted octanol–water partition coefficient (Wildman–Crippen LogP) is 4.09. The van der Waals surface area contributed by atoms with Gasteiger partial charge in [-0.25, -0.2) is 0 Å². The van der Waals surface area contributed by atoms with Crippen molar-refractivity contribution in [3.05, 3.63) is 64.7 Å². The smallest absolute Gasteiger partial charge is 0.226 e. The zero-order valence-electron chi connectivity index (χ0n) is 15.5. The largest absolute Gasteiger partial charge is 0.489 e. The van der Waals surface area contributed by atoms with E-state index in [9.17, 15) is 4.79 Å². The molecule has 1 fully saturated rings. The monoisotopic (exact) mass is 408 g/mol. The van der Waals surface area contributed by atoms with Gasteiger partial charge in [0.1, 0.15) is 12.4 Å². The quantitative estimate of drug-likeness (QED) is 0.782. The molecule has 1 saturated heterocycles. The average molecular weight is 409 g/mol. The minimum absolute atomic E-state index is 0. The molecule has 1 heterocycles. The fourth-order valence-electron chi connectivity index (χ4n) is 3.24. The first-order valence-electron chi connectivity index (χ1n) is 9.04. The van der Waals surface area contributed by atoms with E-state index < -0.39 is 0 Å². The molecular formula is C21H26Cl2N2O2. The highest BCUT2D eigenvalue weighted by Crippen LogP contribution is 2.18. The van der Waals surface area contributed by atoms with Gasteiger partial charge >= 0.3 is 0 Å². The molecule has 0 spiro atoms. The summed E-state index contributed by atoms with van der Waals surface area (Å²) in [4.78, 5) is 14.5. The Bertz CT molecular complexity index is 748. The summed E-state index contributed by atoms with van der Waals surface area (Å²) in [5, 5.41) is 4.03. The third-order valence-corrected chi connectivity index (χ3v) is 5.03. The number of carbonyl (C=O) groups excluding carboxylic acids is 1. The highest BCUT2D eigenvalue weighted by atomic mass is 35.5. The normalized spacial score (nSPS) is 14.3. The lowest BCUT2D eigenvalue weighted by atomic mass is 10.0. The molecule has 0 aromatic heterocycles. The number of halogens is 2. The SMILES string of the molecule is CN(C(=O)Cc1cccc(OCc2cccc(Cl)c2)c1)C1CCNCC1.Cl. The number of nitrogens with zero attached hydrogens (tertiary/aromatic N) is 1. The fraction of sp³-hybridized carbons (Fsp3) is 0.381. The number of hydrogen-bond acceptors (Lipinski definition) is 3. The van der Waals surface area contributed by atoms with E-state index in [0.717, 1.165) is 42.8 Å². The van der Waals surface area contributed by atoms with Crippen LogP contribution in [0, 0.1) is 0 Å². The van der Waals surface area contributed by atoms with E-state index in [2.05, 4.69) is 5.32 Å². The minimum Gasteiger partial charge on any atom is -0.489 e. The standard InChI is InChI=1S/C21H25ClN2O2.ClH/c1-24(19-8-10-23-11-9-19)21(25)14-16-4-3-7-20(13-16)26-15-17-5-2-6-18(22)12-17;/h2-7,12-13,19,23H,8-11,14-15H2,1H3;1H. The maximum absolute atomic E-state index is 12.6. The van der Waals surface area contributed by atoms with Crippen LogP contribution < -0.4 is 10.1 Å². The summed E-state index contributed by atoms with van der Waals surface area (Å²) in [5.41, 5.74) is 1.99. The van der Waals surface area contributed by atoms with Crippen LogP contribution in [0.25, 0.3) is 0 Å². The molecule has 0 saturated carbocycles. The summed E-state index contributed by atoms with van der Waals surface area (Å²) in [6.45, 7) is 2.41. The maximum atomic E-state index is 12.6. The molecule has 27 heavy (non-hydrogen) atoms. The molecule has 1 aliphatic rings. The van der Waals surface area contributed by atoms with E-state index >= 15 is 0 Å². The number of hydrogen-bond donors (Lipinski definition) is 1. The molecule has 0 unspecified atom stereocenters. The number of ether oxygens (including phenoxy) is 1. The lowest BCUT2D eigenvalue weighted by Crippen LogP contribution is -2.44. The van der Waals surface area contributed by atoms with Crippen molar-refractivity contribution in [2.45, 2.75) is 31.9 Å². The fourth-order valence-corrected chi connectivity index (χ4v) is 3.45. The minimum atomic E-state index is 0. The lowest BCUT2D eigenvalue weighted by Gasteiger charge is -2.31. The highest BCUT2D eigenvalue weighted by Gasteiger charge is 2.21. The molecule has 4 nitrogen and oxygen atoms in total.